The number of hydrogen-bond donors (Lipinski definition) is 0. The zero-order valence-corrected chi connectivity index (χ0v) is 5.78. The molecule has 0 saturated heterocycles. The first-order valence-corrected chi connectivity index (χ1v) is 3.90. The Morgan fingerprint density at radius 2 is 2.33 bits per heavy atom. The molecule has 0 radical (unpaired) electrons. The van der Waals surface area contributed by atoms with Crippen LogP contribution in [0.4, 0.5) is 0 Å². The van der Waals surface area contributed by atoms with Crippen LogP contribution in [0, 0.1) is 0 Å². The van der Waals surface area contributed by atoms with E-state index in [0.29, 0.717) is 0 Å². The largest absolute Gasteiger partial charge is 0.122 e. The summed E-state index contributed by atoms with van der Waals surface area (Å²) in [6.45, 7) is 1.91. The highest BCUT2D eigenvalue weighted by molar-refractivity contribution is 8.21. The van der Waals surface area contributed by atoms with Gasteiger partial charge in [-0.1, -0.05) is 11.0 Å². The van der Waals surface area contributed by atoms with Gasteiger partial charge < -0.3 is 0 Å². The van der Waals surface area contributed by atoms with E-state index in [9.17, 15) is 0 Å². The number of rotatable bonds is 2. The van der Waals surface area contributed by atoms with Crippen molar-refractivity contribution in [1.29, 1.82) is 0 Å². The predicted octanol–water partition coefficient (Wildman–Crippen LogP) is 2.50. The van der Waals surface area contributed by atoms with E-state index in [4.69, 9.17) is 22.3 Å². The molecule has 0 aliphatic carbocycles. The molecule has 0 aromatic heterocycles. The fourth-order valence-electron chi connectivity index (χ4n) is 0.0868. The average molecular weight is 145 g/mol. The van der Waals surface area contributed by atoms with Crippen LogP contribution in [0.15, 0.2) is 0 Å². The minimum atomic E-state index is 0.201. The van der Waals surface area contributed by atoms with E-state index in [-0.39, 0.29) is 5.38 Å². The lowest BCUT2D eigenvalue weighted by molar-refractivity contribution is 1.12. The second kappa shape index (κ2) is 4.10. The Bertz CT molecular complexity index is 30.0. The van der Waals surface area contributed by atoms with E-state index >= 15 is 0 Å². The van der Waals surface area contributed by atoms with Gasteiger partial charge in [0.25, 0.3) is 0 Å². The first-order chi connectivity index (χ1) is 2.77. The number of hydrogen-bond acceptors (Lipinski definition) is 1. The van der Waals surface area contributed by atoms with E-state index in [1.807, 2.05) is 6.92 Å². The normalized spacial score (nSPS) is 14.5. The van der Waals surface area contributed by atoms with E-state index < -0.39 is 0 Å². The third-order valence-electron chi connectivity index (χ3n) is 0.293. The number of halogens is 2. The fourth-order valence-corrected chi connectivity index (χ4v) is 1.21. The standard InChI is InChI=1S/C3H6Cl2S/c1-3(4)2-6-5/h3H,2H2,1H3. The maximum atomic E-state index is 5.47. The van der Waals surface area contributed by atoms with Crippen LogP contribution in [0.5, 0.6) is 0 Å². The predicted molar refractivity (Wildman–Crippen MR) is 33.6 cm³/mol. The summed E-state index contributed by atoms with van der Waals surface area (Å²) in [6, 6.07) is 0. The van der Waals surface area contributed by atoms with Gasteiger partial charge in [-0.25, -0.2) is 0 Å². The van der Waals surface area contributed by atoms with Crippen molar-refractivity contribution in [3.8, 4) is 0 Å². The van der Waals surface area contributed by atoms with E-state index in [1.54, 1.807) is 0 Å². The summed E-state index contributed by atoms with van der Waals surface area (Å²) in [7, 11) is 6.48. The highest BCUT2D eigenvalue weighted by Gasteiger charge is 1.90. The third kappa shape index (κ3) is 4.93. The van der Waals surface area contributed by atoms with E-state index in [1.165, 1.54) is 11.0 Å². The Morgan fingerprint density at radius 3 is 2.33 bits per heavy atom. The molecule has 0 aliphatic rings. The smallest absolute Gasteiger partial charge is 0.0410 e. The van der Waals surface area contributed by atoms with Crippen LogP contribution < -0.4 is 0 Å². The van der Waals surface area contributed by atoms with Crippen molar-refractivity contribution in [3.63, 3.8) is 0 Å². The molecule has 38 valence electrons. The third-order valence-corrected chi connectivity index (χ3v) is 1.63. The molecule has 1 unspecified atom stereocenters. The molecule has 0 aromatic rings. The highest BCUT2D eigenvalue weighted by atomic mass is 35.7. The molecular weight excluding hydrogens is 139 g/mol. The minimum absolute atomic E-state index is 0.201. The monoisotopic (exact) mass is 144 g/mol. The Balaban J connectivity index is 2.63. The van der Waals surface area contributed by atoms with Crippen molar-refractivity contribution in [2.45, 2.75) is 12.3 Å². The highest BCUT2D eigenvalue weighted by Crippen LogP contribution is 2.10. The lowest BCUT2D eigenvalue weighted by atomic mass is 10.6. The molecule has 0 nitrogen and oxygen atoms in total. The van der Waals surface area contributed by atoms with Crippen LogP contribution in [-0.2, 0) is 0 Å². The fraction of sp³-hybridized carbons (Fsp3) is 1.00. The van der Waals surface area contributed by atoms with Gasteiger partial charge in [-0.15, -0.1) is 11.6 Å². The molecular formula is C3H6Cl2S. The molecule has 0 saturated carbocycles. The Hall–Kier alpha value is 0.930. The van der Waals surface area contributed by atoms with Crippen LogP contribution in [0.25, 0.3) is 0 Å². The molecule has 0 aliphatic heterocycles. The van der Waals surface area contributed by atoms with Gasteiger partial charge in [-0.05, 0) is 17.6 Å². The zero-order chi connectivity index (χ0) is 4.99. The topological polar surface area (TPSA) is 0 Å². The Morgan fingerprint density at radius 1 is 1.83 bits per heavy atom. The Labute approximate surface area is 51.7 Å². The number of alkyl halides is 1. The molecule has 0 fully saturated rings. The van der Waals surface area contributed by atoms with Crippen molar-refractivity contribution in [2.24, 2.45) is 0 Å². The van der Waals surface area contributed by atoms with E-state index in [0.717, 1.165) is 5.75 Å². The summed E-state index contributed by atoms with van der Waals surface area (Å²) in [5.41, 5.74) is 0. The summed E-state index contributed by atoms with van der Waals surface area (Å²) in [5, 5.41) is 0.201. The van der Waals surface area contributed by atoms with Gasteiger partial charge in [-0.3, -0.25) is 0 Å². The maximum Gasteiger partial charge on any atom is 0.0410 e. The van der Waals surface area contributed by atoms with Crippen molar-refractivity contribution >= 4 is 33.3 Å². The first kappa shape index (κ1) is 6.93. The summed E-state index contributed by atoms with van der Waals surface area (Å²) in [6.07, 6.45) is 0. The second-order valence-corrected chi connectivity index (χ2v) is 3.01. The van der Waals surface area contributed by atoms with Gasteiger partial charge in [0.1, 0.15) is 0 Å². The minimum Gasteiger partial charge on any atom is -0.122 e. The average Bonchev–Trinajstić information content (AvgIpc) is 1.35. The Kier molecular flexibility index (Phi) is 4.73. The van der Waals surface area contributed by atoms with Gasteiger partial charge in [0.15, 0.2) is 0 Å². The summed E-state index contributed by atoms with van der Waals surface area (Å²) in [4.78, 5) is 0. The van der Waals surface area contributed by atoms with Gasteiger partial charge in [0.05, 0.1) is 0 Å². The summed E-state index contributed by atoms with van der Waals surface area (Å²) < 4.78 is 0. The maximum absolute atomic E-state index is 5.47. The summed E-state index contributed by atoms with van der Waals surface area (Å²) >= 11 is 5.47. The molecule has 0 heterocycles. The molecule has 0 bridgehead atoms. The van der Waals surface area contributed by atoms with Gasteiger partial charge >= 0.3 is 0 Å². The lowest BCUT2D eigenvalue weighted by Gasteiger charge is -1.91. The summed E-state index contributed by atoms with van der Waals surface area (Å²) in [5.74, 6) is 0.823. The SMILES string of the molecule is CC(Cl)CSCl. The van der Waals surface area contributed by atoms with Crippen molar-refractivity contribution < 1.29 is 0 Å². The first-order valence-electron chi connectivity index (χ1n) is 1.65. The molecule has 0 spiro atoms. The zero-order valence-electron chi connectivity index (χ0n) is 3.45. The lowest BCUT2D eigenvalue weighted by Crippen LogP contribution is -1.89. The molecule has 0 aromatic carbocycles. The van der Waals surface area contributed by atoms with Crippen molar-refractivity contribution in [1.82, 2.24) is 0 Å². The van der Waals surface area contributed by atoms with Gasteiger partial charge in [0.2, 0.25) is 0 Å². The van der Waals surface area contributed by atoms with Crippen molar-refractivity contribution in [2.75, 3.05) is 5.75 Å². The van der Waals surface area contributed by atoms with Crippen molar-refractivity contribution in [3.05, 3.63) is 0 Å². The van der Waals surface area contributed by atoms with E-state index in [2.05, 4.69) is 0 Å². The molecule has 0 N–H and O–H groups in total. The van der Waals surface area contributed by atoms with Gasteiger partial charge in [-0.2, -0.15) is 0 Å². The second-order valence-electron chi connectivity index (χ2n) is 1.06. The van der Waals surface area contributed by atoms with Gasteiger partial charge in [0, 0.05) is 11.1 Å². The molecule has 6 heavy (non-hydrogen) atoms. The van der Waals surface area contributed by atoms with Crippen LogP contribution in [0.3, 0.4) is 0 Å². The molecule has 3 heteroatoms. The van der Waals surface area contributed by atoms with Crippen LogP contribution in [-0.4, -0.2) is 11.1 Å². The molecule has 1 atom stereocenters. The van der Waals surface area contributed by atoms with Crippen LogP contribution in [0.1, 0.15) is 6.92 Å². The molecule has 0 rings (SSSR count). The van der Waals surface area contributed by atoms with Crippen LogP contribution in [0.2, 0.25) is 0 Å². The van der Waals surface area contributed by atoms with Crippen LogP contribution >= 0.6 is 33.3 Å². The molecule has 0 amide bonds. The quantitative estimate of drug-likeness (QED) is 0.538.